The Labute approximate surface area is 171 Å². The third kappa shape index (κ3) is 6.24. The lowest BCUT2D eigenvalue weighted by molar-refractivity contribution is 0.0884. The SMILES string of the molecule is OCCOCCN(CCOCCO)c1ccc(-c2ccc3ccccc3n2)cc1. The first-order valence-corrected chi connectivity index (χ1v) is 9.90. The molecule has 3 aromatic rings. The monoisotopic (exact) mass is 396 g/mol. The lowest BCUT2D eigenvalue weighted by Crippen LogP contribution is -2.31. The molecule has 3 rings (SSSR count). The summed E-state index contributed by atoms with van der Waals surface area (Å²) in [4.78, 5) is 6.93. The first-order chi connectivity index (χ1) is 14.3. The molecular formula is C23H28N2O4. The van der Waals surface area contributed by atoms with Crippen LogP contribution in [-0.2, 0) is 9.47 Å². The molecule has 0 amide bonds. The Morgan fingerprint density at radius 2 is 1.38 bits per heavy atom. The van der Waals surface area contributed by atoms with E-state index < -0.39 is 0 Å². The average molecular weight is 396 g/mol. The standard InChI is InChI=1S/C23H28N2O4/c26-13-17-28-15-11-25(12-16-29-18-14-27)21-8-5-20(6-9-21)23-10-7-19-3-1-2-4-22(19)24-23/h1-10,26-27H,11-18H2. The Balaban J connectivity index is 1.70. The molecule has 0 fully saturated rings. The number of aromatic nitrogens is 1. The third-order valence-electron chi connectivity index (χ3n) is 4.61. The number of para-hydroxylation sites is 1. The van der Waals surface area contributed by atoms with Gasteiger partial charge in [0.25, 0.3) is 0 Å². The van der Waals surface area contributed by atoms with Crippen LogP contribution in [0.3, 0.4) is 0 Å². The van der Waals surface area contributed by atoms with Crippen molar-refractivity contribution in [2.45, 2.75) is 0 Å². The number of rotatable bonds is 12. The van der Waals surface area contributed by atoms with Crippen LogP contribution in [-0.4, -0.2) is 67.9 Å². The number of hydrogen-bond donors (Lipinski definition) is 2. The van der Waals surface area contributed by atoms with Gasteiger partial charge in [0, 0.05) is 29.7 Å². The van der Waals surface area contributed by atoms with Gasteiger partial charge in [-0.15, -0.1) is 0 Å². The molecular weight excluding hydrogens is 368 g/mol. The van der Waals surface area contributed by atoms with Gasteiger partial charge in [0.1, 0.15) is 0 Å². The Morgan fingerprint density at radius 1 is 0.724 bits per heavy atom. The van der Waals surface area contributed by atoms with Crippen molar-refractivity contribution < 1.29 is 19.7 Å². The molecule has 0 aliphatic rings. The molecule has 0 unspecified atom stereocenters. The molecule has 1 aromatic heterocycles. The van der Waals surface area contributed by atoms with Crippen molar-refractivity contribution in [3.63, 3.8) is 0 Å². The molecule has 0 aliphatic heterocycles. The number of aliphatic hydroxyl groups is 2. The fraction of sp³-hybridized carbons (Fsp3) is 0.348. The molecule has 29 heavy (non-hydrogen) atoms. The first kappa shape index (κ1) is 21.2. The minimum absolute atomic E-state index is 0.0209. The predicted molar refractivity (Wildman–Crippen MR) is 115 cm³/mol. The number of ether oxygens (including phenoxy) is 2. The van der Waals surface area contributed by atoms with Crippen LogP contribution in [0.1, 0.15) is 0 Å². The summed E-state index contributed by atoms with van der Waals surface area (Å²) in [6, 6.07) is 20.5. The largest absolute Gasteiger partial charge is 0.394 e. The predicted octanol–water partition coefficient (Wildman–Crippen LogP) is 2.73. The van der Waals surface area contributed by atoms with Crippen molar-refractivity contribution >= 4 is 16.6 Å². The summed E-state index contributed by atoms with van der Waals surface area (Å²) in [6.07, 6.45) is 0. The van der Waals surface area contributed by atoms with E-state index in [1.807, 2.05) is 24.3 Å². The van der Waals surface area contributed by atoms with Crippen molar-refractivity contribution in [1.82, 2.24) is 4.98 Å². The summed E-state index contributed by atoms with van der Waals surface area (Å²) in [6.45, 7) is 3.14. The van der Waals surface area contributed by atoms with E-state index in [9.17, 15) is 0 Å². The number of pyridine rings is 1. The molecule has 0 radical (unpaired) electrons. The van der Waals surface area contributed by atoms with Crippen LogP contribution in [0, 0.1) is 0 Å². The zero-order valence-corrected chi connectivity index (χ0v) is 16.5. The fourth-order valence-corrected chi connectivity index (χ4v) is 3.12. The summed E-state index contributed by atoms with van der Waals surface area (Å²) in [7, 11) is 0. The molecule has 0 atom stereocenters. The Bertz CT molecular complexity index is 858. The van der Waals surface area contributed by atoms with Crippen LogP contribution in [0.2, 0.25) is 0 Å². The quantitative estimate of drug-likeness (QED) is 0.459. The Kier molecular flexibility index (Phi) is 8.40. The first-order valence-electron chi connectivity index (χ1n) is 9.90. The Hall–Kier alpha value is -2.51. The maximum atomic E-state index is 8.87. The van der Waals surface area contributed by atoms with Gasteiger partial charge in [-0.05, 0) is 24.3 Å². The zero-order chi connectivity index (χ0) is 20.3. The van der Waals surface area contributed by atoms with E-state index >= 15 is 0 Å². The van der Waals surface area contributed by atoms with Crippen molar-refractivity contribution in [2.75, 3.05) is 57.6 Å². The molecule has 0 saturated heterocycles. The van der Waals surface area contributed by atoms with Gasteiger partial charge in [-0.2, -0.15) is 0 Å². The minimum atomic E-state index is 0.0209. The highest BCUT2D eigenvalue weighted by molar-refractivity contribution is 5.81. The molecule has 0 saturated carbocycles. The fourth-order valence-electron chi connectivity index (χ4n) is 3.12. The molecule has 0 spiro atoms. The van der Waals surface area contributed by atoms with Gasteiger partial charge >= 0.3 is 0 Å². The average Bonchev–Trinajstić information content (AvgIpc) is 2.78. The number of nitrogens with zero attached hydrogens (tertiary/aromatic N) is 2. The van der Waals surface area contributed by atoms with Gasteiger partial charge < -0.3 is 24.6 Å². The zero-order valence-electron chi connectivity index (χ0n) is 16.5. The van der Waals surface area contributed by atoms with E-state index in [0.717, 1.165) is 27.8 Å². The van der Waals surface area contributed by atoms with Crippen molar-refractivity contribution in [3.05, 3.63) is 60.7 Å². The lowest BCUT2D eigenvalue weighted by Gasteiger charge is -2.25. The molecule has 2 N–H and O–H groups in total. The molecule has 0 bridgehead atoms. The van der Waals surface area contributed by atoms with E-state index in [0.29, 0.717) is 39.5 Å². The van der Waals surface area contributed by atoms with Crippen molar-refractivity contribution in [3.8, 4) is 11.3 Å². The Morgan fingerprint density at radius 3 is 2.03 bits per heavy atom. The van der Waals surface area contributed by atoms with E-state index in [1.54, 1.807) is 0 Å². The molecule has 1 heterocycles. The van der Waals surface area contributed by atoms with Gasteiger partial charge in [-0.3, -0.25) is 0 Å². The van der Waals surface area contributed by atoms with E-state index in [2.05, 4.69) is 41.3 Å². The number of anilines is 1. The summed E-state index contributed by atoms with van der Waals surface area (Å²) in [5, 5.41) is 18.9. The van der Waals surface area contributed by atoms with Gasteiger partial charge in [-0.1, -0.05) is 36.4 Å². The summed E-state index contributed by atoms with van der Waals surface area (Å²) >= 11 is 0. The van der Waals surface area contributed by atoms with Crippen LogP contribution in [0.25, 0.3) is 22.2 Å². The number of hydrogen-bond acceptors (Lipinski definition) is 6. The second-order valence-electron chi connectivity index (χ2n) is 6.60. The summed E-state index contributed by atoms with van der Waals surface area (Å²) < 4.78 is 10.8. The summed E-state index contributed by atoms with van der Waals surface area (Å²) in [5.41, 5.74) is 4.05. The van der Waals surface area contributed by atoms with Crippen molar-refractivity contribution in [2.24, 2.45) is 0 Å². The number of benzene rings is 2. The van der Waals surface area contributed by atoms with Gasteiger partial charge in [0.05, 0.1) is 50.9 Å². The van der Waals surface area contributed by atoms with Crippen LogP contribution in [0.5, 0.6) is 0 Å². The second kappa shape index (κ2) is 11.5. The van der Waals surface area contributed by atoms with Gasteiger partial charge in [0.15, 0.2) is 0 Å². The maximum absolute atomic E-state index is 8.87. The normalized spacial score (nSPS) is 11.1. The number of aliphatic hydroxyl groups excluding tert-OH is 2. The third-order valence-corrected chi connectivity index (χ3v) is 4.61. The van der Waals surface area contributed by atoms with Crippen LogP contribution in [0.4, 0.5) is 5.69 Å². The second-order valence-corrected chi connectivity index (χ2v) is 6.60. The maximum Gasteiger partial charge on any atom is 0.0709 e. The highest BCUT2D eigenvalue weighted by Crippen LogP contribution is 2.24. The summed E-state index contributed by atoms with van der Waals surface area (Å²) in [5.74, 6) is 0. The topological polar surface area (TPSA) is 75.1 Å². The van der Waals surface area contributed by atoms with Gasteiger partial charge in [0.2, 0.25) is 0 Å². The van der Waals surface area contributed by atoms with Crippen molar-refractivity contribution in [1.29, 1.82) is 0 Å². The molecule has 154 valence electrons. The smallest absolute Gasteiger partial charge is 0.0709 e. The highest BCUT2D eigenvalue weighted by Gasteiger charge is 2.08. The lowest BCUT2D eigenvalue weighted by atomic mass is 10.1. The minimum Gasteiger partial charge on any atom is -0.394 e. The van der Waals surface area contributed by atoms with Crippen LogP contribution in [0.15, 0.2) is 60.7 Å². The molecule has 0 aliphatic carbocycles. The van der Waals surface area contributed by atoms with Crippen LogP contribution < -0.4 is 4.90 Å². The van der Waals surface area contributed by atoms with Crippen LogP contribution >= 0.6 is 0 Å². The molecule has 6 nitrogen and oxygen atoms in total. The molecule has 6 heteroatoms. The van der Waals surface area contributed by atoms with E-state index in [4.69, 9.17) is 24.7 Å². The number of fused-ring (bicyclic) bond motifs is 1. The highest BCUT2D eigenvalue weighted by atomic mass is 16.5. The molecule has 2 aromatic carbocycles. The van der Waals surface area contributed by atoms with E-state index in [1.165, 1.54) is 0 Å². The van der Waals surface area contributed by atoms with Gasteiger partial charge in [-0.25, -0.2) is 4.98 Å². The van der Waals surface area contributed by atoms with E-state index in [-0.39, 0.29) is 13.2 Å².